The molecule has 106 valence electrons. The second-order valence-electron chi connectivity index (χ2n) is 5.17. The summed E-state index contributed by atoms with van der Waals surface area (Å²) in [5.41, 5.74) is 8.23. The van der Waals surface area contributed by atoms with Crippen molar-refractivity contribution in [3.05, 3.63) is 49.4 Å². The maximum absolute atomic E-state index is 6.06. The number of rotatable bonds is 3. The summed E-state index contributed by atoms with van der Waals surface area (Å²) in [4.78, 5) is 6.23. The summed E-state index contributed by atoms with van der Waals surface area (Å²) in [6, 6.07) is 5.77. The number of aromatic nitrogens is 1. The van der Waals surface area contributed by atoms with Gasteiger partial charge in [-0.1, -0.05) is 29.3 Å². The standard InChI is InChI=1S/C15H16Cl2N2S/c16-11-5-4-9(6-12(11)17)7-14-19-15-10(8-18)2-1-3-13(15)20-14/h4-6,10H,1-3,7-8,18H2. The first-order chi connectivity index (χ1) is 9.67. The second-order valence-corrected chi connectivity index (χ2v) is 7.15. The average Bonchev–Trinajstić information content (AvgIpc) is 2.85. The maximum atomic E-state index is 6.06. The maximum Gasteiger partial charge on any atom is 0.0975 e. The molecular weight excluding hydrogens is 311 g/mol. The van der Waals surface area contributed by atoms with Crippen LogP contribution in [-0.2, 0) is 12.8 Å². The van der Waals surface area contributed by atoms with Crippen LogP contribution in [0.1, 0.15) is 39.9 Å². The van der Waals surface area contributed by atoms with Crippen molar-refractivity contribution in [2.75, 3.05) is 6.54 Å². The highest BCUT2D eigenvalue weighted by atomic mass is 35.5. The summed E-state index contributed by atoms with van der Waals surface area (Å²) in [7, 11) is 0. The minimum atomic E-state index is 0.442. The van der Waals surface area contributed by atoms with E-state index < -0.39 is 0 Å². The minimum Gasteiger partial charge on any atom is -0.330 e. The zero-order valence-electron chi connectivity index (χ0n) is 11.0. The molecular formula is C15H16Cl2N2S. The van der Waals surface area contributed by atoms with Gasteiger partial charge in [0.05, 0.1) is 20.7 Å². The molecule has 3 rings (SSSR count). The van der Waals surface area contributed by atoms with Gasteiger partial charge in [0.15, 0.2) is 0 Å². The molecule has 0 aliphatic heterocycles. The predicted molar refractivity (Wildman–Crippen MR) is 86.1 cm³/mol. The number of nitrogens with two attached hydrogens (primary N) is 1. The summed E-state index contributed by atoms with van der Waals surface area (Å²) in [6.07, 6.45) is 4.35. The van der Waals surface area contributed by atoms with Gasteiger partial charge in [-0.15, -0.1) is 11.3 Å². The van der Waals surface area contributed by atoms with Gasteiger partial charge in [-0.05, 0) is 37.0 Å². The first-order valence-electron chi connectivity index (χ1n) is 6.80. The Bertz CT molecular complexity index is 624. The quantitative estimate of drug-likeness (QED) is 0.906. The lowest BCUT2D eigenvalue weighted by molar-refractivity contribution is 0.553. The van der Waals surface area contributed by atoms with E-state index in [0.717, 1.165) is 23.4 Å². The highest BCUT2D eigenvalue weighted by Gasteiger charge is 2.23. The molecule has 1 aromatic carbocycles. The number of hydrogen-bond donors (Lipinski definition) is 1. The topological polar surface area (TPSA) is 38.9 Å². The zero-order chi connectivity index (χ0) is 14.1. The monoisotopic (exact) mass is 326 g/mol. The largest absolute Gasteiger partial charge is 0.330 e. The van der Waals surface area contributed by atoms with E-state index in [-0.39, 0.29) is 0 Å². The Morgan fingerprint density at radius 3 is 2.90 bits per heavy atom. The summed E-state index contributed by atoms with van der Waals surface area (Å²) in [5.74, 6) is 0.442. The number of thiazole rings is 1. The third-order valence-corrected chi connectivity index (χ3v) is 5.61. The molecule has 0 amide bonds. The first-order valence-corrected chi connectivity index (χ1v) is 8.37. The zero-order valence-corrected chi connectivity index (χ0v) is 13.4. The molecule has 0 saturated heterocycles. The average molecular weight is 327 g/mol. The molecule has 1 aliphatic rings. The molecule has 0 radical (unpaired) electrons. The van der Waals surface area contributed by atoms with Gasteiger partial charge in [-0.25, -0.2) is 4.98 Å². The Hall–Kier alpha value is -0.610. The van der Waals surface area contributed by atoms with Crippen molar-refractivity contribution in [2.24, 2.45) is 5.73 Å². The van der Waals surface area contributed by atoms with Gasteiger partial charge < -0.3 is 5.73 Å². The van der Waals surface area contributed by atoms with E-state index in [2.05, 4.69) is 0 Å². The molecule has 1 atom stereocenters. The van der Waals surface area contributed by atoms with E-state index >= 15 is 0 Å². The van der Waals surface area contributed by atoms with E-state index in [1.54, 1.807) is 0 Å². The van der Waals surface area contributed by atoms with E-state index in [9.17, 15) is 0 Å². The molecule has 2 N–H and O–H groups in total. The van der Waals surface area contributed by atoms with Gasteiger partial charge in [-0.3, -0.25) is 0 Å². The molecule has 5 heteroatoms. The fraction of sp³-hybridized carbons (Fsp3) is 0.400. The van der Waals surface area contributed by atoms with E-state index in [1.807, 2.05) is 29.5 Å². The van der Waals surface area contributed by atoms with Gasteiger partial charge in [0.25, 0.3) is 0 Å². The summed E-state index contributed by atoms with van der Waals surface area (Å²) < 4.78 is 0. The van der Waals surface area contributed by atoms with Crippen molar-refractivity contribution in [1.82, 2.24) is 4.98 Å². The van der Waals surface area contributed by atoms with Crippen molar-refractivity contribution < 1.29 is 0 Å². The van der Waals surface area contributed by atoms with Gasteiger partial charge in [0.1, 0.15) is 0 Å². The van der Waals surface area contributed by atoms with Gasteiger partial charge in [0.2, 0.25) is 0 Å². The number of nitrogens with zero attached hydrogens (tertiary/aromatic N) is 1. The molecule has 0 saturated carbocycles. The van der Waals surface area contributed by atoms with Crippen LogP contribution in [0.15, 0.2) is 18.2 Å². The summed E-state index contributed by atoms with van der Waals surface area (Å²) in [5, 5.41) is 2.34. The van der Waals surface area contributed by atoms with Crippen LogP contribution in [0.5, 0.6) is 0 Å². The van der Waals surface area contributed by atoms with Crippen molar-refractivity contribution in [2.45, 2.75) is 31.6 Å². The van der Waals surface area contributed by atoms with Crippen LogP contribution in [0.2, 0.25) is 10.0 Å². The Morgan fingerprint density at radius 1 is 1.30 bits per heavy atom. The molecule has 2 aromatic rings. The van der Waals surface area contributed by atoms with E-state index in [4.69, 9.17) is 33.9 Å². The second kappa shape index (κ2) is 6.02. The van der Waals surface area contributed by atoms with Crippen LogP contribution >= 0.6 is 34.5 Å². The van der Waals surface area contributed by atoms with Crippen molar-refractivity contribution in [3.8, 4) is 0 Å². The molecule has 0 bridgehead atoms. The SMILES string of the molecule is NCC1CCCc2sc(Cc3ccc(Cl)c(Cl)c3)nc21. The molecule has 1 unspecified atom stereocenters. The Morgan fingerprint density at radius 2 is 2.15 bits per heavy atom. The Labute approximate surface area is 132 Å². The lowest BCUT2D eigenvalue weighted by Gasteiger charge is -2.18. The highest BCUT2D eigenvalue weighted by molar-refractivity contribution is 7.11. The van der Waals surface area contributed by atoms with Crippen molar-refractivity contribution >= 4 is 34.5 Å². The van der Waals surface area contributed by atoms with Gasteiger partial charge >= 0.3 is 0 Å². The van der Waals surface area contributed by atoms with Gasteiger partial charge in [0, 0.05) is 23.8 Å². The highest BCUT2D eigenvalue weighted by Crippen LogP contribution is 2.35. The summed E-state index contributed by atoms with van der Waals surface area (Å²) >= 11 is 13.8. The number of aryl methyl sites for hydroxylation is 1. The fourth-order valence-electron chi connectivity index (χ4n) is 2.69. The third kappa shape index (κ3) is 2.86. The normalized spacial score (nSPS) is 18.1. The minimum absolute atomic E-state index is 0.442. The van der Waals surface area contributed by atoms with Crippen LogP contribution in [0.4, 0.5) is 0 Å². The third-order valence-electron chi connectivity index (χ3n) is 3.74. The van der Waals surface area contributed by atoms with Crippen LogP contribution in [0.25, 0.3) is 0 Å². The predicted octanol–water partition coefficient (Wildman–Crippen LogP) is 4.42. The smallest absolute Gasteiger partial charge is 0.0975 e. The molecule has 1 heterocycles. The lowest BCUT2D eigenvalue weighted by atomic mass is 9.91. The molecule has 20 heavy (non-hydrogen) atoms. The Kier molecular flexibility index (Phi) is 4.32. The fourth-order valence-corrected chi connectivity index (χ4v) is 4.24. The molecule has 2 nitrogen and oxygen atoms in total. The number of benzene rings is 1. The van der Waals surface area contributed by atoms with Crippen LogP contribution in [-0.4, -0.2) is 11.5 Å². The van der Waals surface area contributed by atoms with E-state index in [0.29, 0.717) is 22.5 Å². The molecule has 1 aromatic heterocycles. The van der Waals surface area contributed by atoms with Crippen molar-refractivity contribution in [1.29, 1.82) is 0 Å². The van der Waals surface area contributed by atoms with Crippen LogP contribution in [0.3, 0.4) is 0 Å². The Balaban J connectivity index is 1.84. The summed E-state index contributed by atoms with van der Waals surface area (Å²) in [6.45, 7) is 0.697. The molecule has 0 spiro atoms. The first kappa shape index (κ1) is 14.3. The lowest BCUT2D eigenvalue weighted by Crippen LogP contribution is -2.17. The van der Waals surface area contributed by atoms with E-state index in [1.165, 1.54) is 23.4 Å². The number of halogens is 2. The molecule has 1 aliphatic carbocycles. The molecule has 0 fully saturated rings. The number of fused-ring (bicyclic) bond motifs is 1. The van der Waals surface area contributed by atoms with Crippen LogP contribution in [0, 0.1) is 0 Å². The van der Waals surface area contributed by atoms with Crippen molar-refractivity contribution in [3.63, 3.8) is 0 Å². The van der Waals surface area contributed by atoms with Crippen LogP contribution < -0.4 is 5.73 Å². The number of hydrogen-bond acceptors (Lipinski definition) is 3. The van der Waals surface area contributed by atoms with Gasteiger partial charge in [-0.2, -0.15) is 0 Å².